The summed E-state index contributed by atoms with van der Waals surface area (Å²) in [5, 5.41) is 26.2. The first-order valence-electron chi connectivity index (χ1n) is 13.1. The van der Waals surface area contributed by atoms with Crippen molar-refractivity contribution >= 4 is 45.7 Å². The number of halogens is 1. The molecule has 0 aliphatic carbocycles. The summed E-state index contributed by atoms with van der Waals surface area (Å²) < 4.78 is 1.54. The van der Waals surface area contributed by atoms with Crippen LogP contribution < -0.4 is 16.0 Å². The van der Waals surface area contributed by atoms with Gasteiger partial charge in [-0.25, -0.2) is 9.48 Å². The molecule has 8 nitrogen and oxygen atoms in total. The van der Waals surface area contributed by atoms with Crippen molar-refractivity contribution < 1.29 is 9.59 Å². The molecule has 0 saturated heterocycles. The van der Waals surface area contributed by atoms with Gasteiger partial charge in [-0.05, 0) is 49.1 Å². The molecule has 0 atom stereocenters. The minimum absolute atomic E-state index is 0.0568. The van der Waals surface area contributed by atoms with Gasteiger partial charge in [0.05, 0.1) is 11.4 Å². The molecule has 0 fully saturated rings. The summed E-state index contributed by atoms with van der Waals surface area (Å²) >= 11 is 6.08. The van der Waals surface area contributed by atoms with Crippen molar-refractivity contribution in [2.45, 2.75) is 13.3 Å². The van der Waals surface area contributed by atoms with Crippen molar-refractivity contribution in [1.29, 1.82) is 5.26 Å². The van der Waals surface area contributed by atoms with E-state index in [0.29, 0.717) is 41.6 Å². The first kappa shape index (κ1) is 27.4. The minimum atomic E-state index is -0.343. The lowest BCUT2D eigenvalue weighted by molar-refractivity contribution is 0.103. The van der Waals surface area contributed by atoms with E-state index in [-0.39, 0.29) is 23.1 Å². The first-order valence-corrected chi connectivity index (χ1v) is 13.5. The van der Waals surface area contributed by atoms with Crippen molar-refractivity contribution in [1.82, 2.24) is 15.1 Å². The van der Waals surface area contributed by atoms with Crippen LogP contribution in [-0.4, -0.2) is 34.7 Å². The number of nitrogens with one attached hydrogen (secondary N) is 3. The van der Waals surface area contributed by atoms with Crippen molar-refractivity contribution in [3.63, 3.8) is 0 Å². The van der Waals surface area contributed by atoms with Gasteiger partial charge in [0, 0.05) is 29.1 Å². The SMILES string of the molecule is Cc1ccc(C(=O)c2nn(-c3ccc(Cl)cc3)c(NCCCNC(=O)Nc3cccc4ccccc34)c2C#N)cc1. The largest absolute Gasteiger partial charge is 0.369 e. The lowest BCUT2D eigenvalue weighted by atomic mass is 10.0. The molecule has 1 heterocycles. The van der Waals surface area contributed by atoms with Gasteiger partial charge in [0.2, 0.25) is 5.78 Å². The Hall–Kier alpha value is -5.13. The van der Waals surface area contributed by atoms with Gasteiger partial charge in [-0.15, -0.1) is 0 Å². The number of carbonyl (C=O) groups is 2. The number of aromatic nitrogens is 2. The Labute approximate surface area is 242 Å². The molecule has 1 aromatic heterocycles. The maximum absolute atomic E-state index is 13.3. The van der Waals surface area contributed by atoms with Crippen LogP contribution in [0.1, 0.15) is 33.6 Å². The molecular weight excluding hydrogens is 536 g/mol. The van der Waals surface area contributed by atoms with E-state index in [2.05, 4.69) is 27.1 Å². The Morgan fingerprint density at radius 1 is 0.927 bits per heavy atom. The molecule has 0 bridgehead atoms. The van der Waals surface area contributed by atoms with Gasteiger partial charge < -0.3 is 16.0 Å². The van der Waals surface area contributed by atoms with Gasteiger partial charge >= 0.3 is 6.03 Å². The number of amides is 2. The standard InChI is InChI=1S/C32H27ClN6O2/c1-21-10-12-23(13-11-21)30(40)29-27(20-34)31(39(38-29)25-16-14-24(33)15-17-25)35-18-5-19-36-32(41)37-28-9-4-7-22-6-2-3-8-26(22)28/h2-4,6-17,35H,5,18-19H2,1H3,(H2,36,37,41). The fourth-order valence-electron chi connectivity index (χ4n) is 4.45. The molecule has 4 aromatic carbocycles. The third-order valence-corrected chi connectivity index (χ3v) is 6.82. The number of hydrogen-bond acceptors (Lipinski definition) is 5. The lowest BCUT2D eigenvalue weighted by Gasteiger charge is -2.12. The zero-order valence-corrected chi connectivity index (χ0v) is 23.1. The highest BCUT2D eigenvalue weighted by molar-refractivity contribution is 6.30. The second kappa shape index (κ2) is 12.4. The Morgan fingerprint density at radius 3 is 2.41 bits per heavy atom. The number of ketones is 1. The highest BCUT2D eigenvalue weighted by atomic mass is 35.5. The highest BCUT2D eigenvalue weighted by Gasteiger charge is 2.25. The normalized spacial score (nSPS) is 10.7. The van der Waals surface area contributed by atoms with E-state index in [9.17, 15) is 14.9 Å². The van der Waals surface area contributed by atoms with Crippen LogP contribution in [0.5, 0.6) is 0 Å². The van der Waals surface area contributed by atoms with Crippen LogP contribution in [0.25, 0.3) is 16.5 Å². The average Bonchev–Trinajstić information content (AvgIpc) is 3.36. The first-order chi connectivity index (χ1) is 19.9. The molecule has 9 heteroatoms. The predicted octanol–water partition coefficient (Wildman–Crippen LogP) is 6.71. The predicted molar refractivity (Wildman–Crippen MR) is 162 cm³/mol. The molecule has 0 unspecified atom stereocenters. The van der Waals surface area contributed by atoms with Gasteiger partial charge in [-0.1, -0.05) is 77.8 Å². The molecule has 5 rings (SSSR count). The summed E-state index contributed by atoms with van der Waals surface area (Å²) in [6.07, 6.45) is 0.556. The number of anilines is 2. The number of hydrogen-bond donors (Lipinski definition) is 3. The fourth-order valence-corrected chi connectivity index (χ4v) is 4.58. The molecule has 0 aliphatic heterocycles. The van der Waals surface area contributed by atoms with Crippen molar-refractivity contribution in [3.8, 4) is 11.8 Å². The quantitative estimate of drug-likeness (QED) is 0.136. The van der Waals surface area contributed by atoms with E-state index in [1.54, 1.807) is 36.4 Å². The summed E-state index contributed by atoms with van der Waals surface area (Å²) in [5.41, 5.74) is 3.05. The third-order valence-electron chi connectivity index (χ3n) is 6.57. The summed E-state index contributed by atoms with van der Waals surface area (Å²) in [7, 11) is 0. The second-order valence-corrected chi connectivity index (χ2v) is 9.89. The Balaban J connectivity index is 1.28. The molecule has 0 saturated carbocycles. The zero-order valence-electron chi connectivity index (χ0n) is 22.3. The summed E-state index contributed by atoms with van der Waals surface area (Å²) in [5.74, 6) is 0.0505. The van der Waals surface area contributed by atoms with E-state index < -0.39 is 0 Å². The topological polar surface area (TPSA) is 112 Å². The van der Waals surface area contributed by atoms with Gasteiger partial charge in [0.1, 0.15) is 17.5 Å². The number of fused-ring (bicyclic) bond motifs is 1. The summed E-state index contributed by atoms with van der Waals surface area (Å²) in [4.78, 5) is 25.9. The van der Waals surface area contributed by atoms with Crippen LogP contribution in [0.2, 0.25) is 5.02 Å². The molecule has 0 spiro atoms. The Kier molecular flexibility index (Phi) is 8.28. The lowest BCUT2D eigenvalue weighted by Crippen LogP contribution is -2.30. The maximum atomic E-state index is 13.3. The van der Waals surface area contributed by atoms with Crippen LogP contribution in [0, 0.1) is 18.3 Å². The van der Waals surface area contributed by atoms with E-state index >= 15 is 0 Å². The number of benzene rings is 4. The molecular formula is C32H27ClN6O2. The van der Waals surface area contributed by atoms with Gasteiger partial charge in [-0.3, -0.25) is 4.79 Å². The summed E-state index contributed by atoms with van der Waals surface area (Å²) in [6.45, 7) is 2.74. The molecule has 204 valence electrons. The van der Waals surface area contributed by atoms with Crippen molar-refractivity contribution in [2.75, 3.05) is 23.7 Å². The molecule has 2 amide bonds. The van der Waals surface area contributed by atoms with Crippen molar-refractivity contribution in [3.05, 3.63) is 118 Å². The number of nitrogens with zero attached hydrogens (tertiary/aromatic N) is 3. The molecule has 3 N–H and O–H groups in total. The molecule has 41 heavy (non-hydrogen) atoms. The molecule has 5 aromatic rings. The van der Waals surface area contributed by atoms with Crippen LogP contribution in [0.3, 0.4) is 0 Å². The number of rotatable bonds is 9. The van der Waals surface area contributed by atoms with Crippen LogP contribution in [0.15, 0.2) is 91.0 Å². The van der Waals surface area contributed by atoms with Crippen molar-refractivity contribution in [2.24, 2.45) is 0 Å². The van der Waals surface area contributed by atoms with E-state index in [1.165, 1.54) is 4.68 Å². The van der Waals surface area contributed by atoms with E-state index in [4.69, 9.17) is 11.6 Å². The zero-order chi connectivity index (χ0) is 28.8. The fraction of sp³-hybridized carbons (Fsp3) is 0.125. The number of carbonyl (C=O) groups excluding carboxylic acids is 2. The number of urea groups is 1. The van der Waals surface area contributed by atoms with E-state index in [0.717, 1.165) is 22.0 Å². The van der Waals surface area contributed by atoms with Gasteiger partial charge in [0.25, 0.3) is 0 Å². The maximum Gasteiger partial charge on any atom is 0.319 e. The van der Waals surface area contributed by atoms with Crippen LogP contribution in [-0.2, 0) is 0 Å². The van der Waals surface area contributed by atoms with E-state index in [1.807, 2.05) is 61.5 Å². The molecule has 0 radical (unpaired) electrons. The number of nitriles is 1. The summed E-state index contributed by atoms with van der Waals surface area (Å²) in [6, 6.07) is 29.5. The molecule has 0 aliphatic rings. The number of aryl methyl sites for hydroxylation is 1. The van der Waals surface area contributed by atoms with Crippen LogP contribution >= 0.6 is 11.6 Å². The Morgan fingerprint density at radius 2 is 1.66 bits per heavy atom. The Bertz CT molecular complexity index is 1750. The smallest absolute Gasteiger partial charge is 0.319 e. The minimum Gasteiger partial charge on any atom is -0.369 e. The monoisotopic (exact) mass is 562 g/mol. The average molecular weight is 563 g/mol. The van der Waals surface area contributed by atoms with Gasteiger partial charge in [-0.2, -0.15) is 10.4 Å². The second-order valence-electron chi connectivity index (χ2n) is 9.46. The van der Waals surface area contributed by atoms with Crippen LogP contribution in [0.4, 0.5) is 16.3 Å². The third kappa shape index (κ3) is 6.21. The van der Waals surface area contributed by atoms with Gasteiger partial charge in [0.15, 0.2) is 5.69 Å². The highest BCUT2D eigenvalue weighted by Crippen LogP contribution is 2.27.